The summed E-state index contributed by atoms with van der Waals surface area (Å²) in [4.78, 5) is 30.2. The van der Waals surface area contributed by atoms with Crippen molar-refractivity contribution in [2.75, 3.05) is 26.9 Å². The molecule has 3 aromatic rings. The van der Waals surface area contributed by atoms with Crippen molar-refractivity contribution in [2.24, 2.45) is 0 Å². The van der Waals surface area contributed by atoms with E-state index in [4.69, 9.17) is 25.8 Å². The summed E-state index contributed by atoms with van der Waals surface area (Å²) in [5, 5.41) is 1.06. The summed E-state index contributed by atoms with van der Waals surface area (Å²) < 4.78 is 17.1. The third kappa shape index (κ3) is 4.52. The first kappa shape index (κ1) is 20.3. The zero-order valence-electron chi connectivity index (χ0n) is 15.4. The molecule has 0 unspecified atom stereocenters. The van der Waals surface area contributed by atoms with Crippen molar-refractivity contribution >= 4 is 39.1 Å². The molecule has 0 aliphatic heterocycles. The minimum Gasteiger partial charge on any atom is -0.492 e. The number of nitrogens with zero attached hydrogens (tertiary/aromatic N) is 2. The number of hydrogen-bond donors (Lipinski definition) is 0. The van der Waals surface area contributed by atoms with Gasteiger partial charge in [-0.1, -0.05) is 11.6 Å². The number of aromatic nitrogens is 2. The fourth-order valence-corrected chi connectivity index (χ4v) is 3.75. The molecule has 0 bridgehead atoms. The second-order valence-electron chi connectivity index (χ2n) is 5.91. The van der Waals surface area contributed by atoms with Crippen molar-refractivity contribution < 1.29 is 19.0 Å². The first-order valence-electron chi connectivity index (χ1n) is 8.54. The monoisotopic (exact) mass is 422 g/mol. The lowest BCUT2D eigenvalue weighted by atomic mass is 10.2. The van der Waals surface area contributed by atoms with E-state index in [1.54, 1.807) is 31.2 Å². The highest BCUT2D eigenvalue weighted by molar-refractivity contribution is 7.20. The second kappa shape index (κ2) is 9.18. The third-order valence-corrected chi connectivity index (χ3v) is 5.47. The number of thiophene rings is 1. The lowest BCUT2D eigenvalue weighted by Gasteiger charge is -2.08. The maximum Gasteiger partial charge on any atom is 0.348 e. The van der Waals surface area contributed by atoms with E-state index in [-0.39, 0.29) is 12.2 Å². The fourth-order valence-electron chi connectivity index (χ4n) is 2.59. The van der Waals surface area contributed by atoms with Gasteiger partial charge >= 0.3 is 5.97 Å². The van der Waals surface area contributed by atoms with Crippen LogP contribution in [0.25, 0.3) is 10.2 Å². The quantitative estimate of drug-likeness (QED) is 0.409. The standard InChI is InChI=1S/C19H19ClN2O5S/c1-12-15-17(28-16(12)19(24)27-10-9-25-2)21-11-22(18(15)23)7-8-26-14-5-3-13(20)4-6-14/h3-6,11H,7-10H2,1-2H3. The number of aryl methyl sites for hydroxylation is 1. The summed E-state index contributed by atoms with van der Waals surface area (Å²) in [6.45, 7) is 2.82. The Kier molecular flexibility index (Phi) is 6.66. The van der Waals surface area contributed by atoms with Crippen LogP contribution in [-0.4, -0.2) is 42.5 Å². The van der Waals surface area contributed by atoms with Gasteiger partial charge in [0.15, 0.2) is 0 Å². The number of ether oxygens (including phenoxy) is 3. The number of methoxy groups -OCH3 is 1. The molecule has 0 radical (unpaired) electrons. The van der Waals surface area contributed by atoms with Crippen LogP contribution in [0.5, 0.6) is 5.75 Å². The molecule has 0 saturated carbocycles. The zero-order valence-corrected chi connectivity index (χ0v) is 17.0. The highest BCUT2D eigenvalue weighted by atomic mass is 35.5. The molecule has 0 aliphatic rings. The molecule has 0 aliphatic carbocycles. The summed E-state index contributed by atoms with van der Waals surface area (Å²) in [6.07, 6.45) is 1.46. The van der Waals surface area contributed by atoms with Gasteiger partial charge in [-0.2, -0.15) is 0 Å². The first-order valence-corrected chi connectivity index (χ1v) is 9.73. The summed E-state index contributed by atoms with van der Waals surface area (Å²) in [5.74, 6) is 0.189. The fraction of sp³-hybridized carbons (Fsp3) is 0.316. The Bertz CT molecular complexity index is 1030. The Hall–Kier alpha value is -2.42. The summed E-state index contributed by atoms with van der Waals surface area (Å²) in [5.41, 5.74) is 0.363. The number of carbonyl (C=O) groups is 1. The molecular formula is C19H19ClN2O5S. The Balaban J connectivity index is 1.75. The average Bonchev–Trinajstić information content (AvgIpc) is 3.02. The Morgan fingerprint density at radius 3 is 2.68 bits per heavy atom. The highest BCUT2D eigenvalue weighted by Crippen LogP contribution is 2.27. The minimum atomic E-state index is -0.477. The van der Waals surface area contributed by atoms with Gasteiger partial charge in [0.25, 0.3) is 5.56 Å². The van der Waals surface area contributed by atoms with Gasteiger partial charge in [-0.05, 0) is 36.8 Å². The SMILES string of the molecule is COCCOC(=O)c1sc2ncn(CCOc3ccc(Cl)cc3)c(=O)c2c1C. The van der Waals surface area contributed by atoms with Crippen LogP contribution in [0.1, 0.15) is 15.2 Å². The molecular weight excluding hydrogens is 404 g/mol. The molecule has 148 valence electrons. The van der Waals surface area contributed by atoms with Gasteiger partial charge in [0, 0.05) is 12.1 Å². The number of hydrogen-bond acceptors (Lipinski definition) is 7. The molecule has 3 rings (SSSR count). The van der Waals surface area contributed by atoms with E-state index in [0.717, 1.165) is 11.3 Å². The van der Waals surface area contributed by atoms with E-state index < -0.39 is 5.97 Å². The van der Waals surface area contributed by atoms with Crippen molar-refractivity contribution in [3.8, 4) is 5.75 Å². The summed E-state index contributed by atoms with van der Waals surface area (Å²) >= 11 is 7.00. The smallest absolute Gasteiger partial charge is 0.348 e. The molecule has 28 heavy (non-hydrogen) atoms. The minimum absolute atomic E-state index is 0.155. The van der Waals surface area contributed by atoms with Gasteiger partial charge in [0.2, 0.25) is 0 Å². The lowest BCUT2D eigenvalue weighted by Crippen LogP contribution is -2.23. The van der Waals surface area contributed by atoms with Crippen LogP contribution >= 0.6 is 22.9 Å². The number of benzene rings is 1. The van der Waals surface area contributed by atoms with E-state index in [1.807, 2.05) is 0 Å². The van der Waals surface area contributed by atoms with Crippen molar-refractivity contribution in [1.29, 1.82) is 0 Å². The molecule has 0 N–H and O–H groups in total. The molecule has 1 aromatic carbocycles. The molecule has 0 atom stereocenters. The first-order chi connectivity index (χ1) is 13.5. The topological polar surface area (TPSA) is 79.7 Å². The molecule has 0 amide bonds. The molecule has 0 saturated heterocycles. The molecule has 0 spiro atoms. The van der Waals surface area contributed by atoms with E-state index in [2.05, 4.69) is 4.98 Å². The van der Waals surface area contributed by atoms with E-state index in [9.17, 15) is 9.59 Å². The Morgan fingerprint density at radius 2 is 1.96 bits per heavy atom. The maximum absolute atomic E-state index is 12.8. The maximum atomic E-state index is 12.8. The largest absolute Gasteiger partial charge is 0.492 e. The number of rotatable bonds is 8. The van der Waals surface area contributed by atoms with Gasteiger partial charge < -0.3 is 14.2 Å². The molecule has 2 aromatic heterocycles. The van der Waals surface area contributed by atoms with Gasteiger partial charge in [0.1, 0.15) is 28.7 Å². The second-order valence-corrected chi connectivity index (χ2v) is 7.35. The van der Waals surface area contributed by atoms with Crippen molar-refractivity contribution in [2.45, 2.75) is 13.5 Å². The van der Waals surface area contributed by atoms with Crippen LogP contribution in [0, 0.1) is 6.92 Å². The predicted molar refractivity (Wildman–Crippen MR) is 108 cm³/mol. The number of carbonyl (C=O) groups excluding carboxylic acids is 1. The van der Waals surface area contributed by atoms with Crippen LogP contribution in [0.15, 0.2) is 35.4 Å². The average molecular weight is 423 g/mol. The van der Waals surface area contributed by atoms with Gasteiger partial charge in [0.05, 0.1) is 24.9 Å². The van der Waals surface area contributed by atoms with Gasteiger partial charge in [-0.15, -0.1) is 11.3 Å². The van der Waals surface area contributed by atoms with Crippen molar-refractivity contribution in [3.63, 3.8) is 0 Å². The Morgan fingerprint density at radius 1 is 1.21 bits per heavy atom. The zero-order chi connectivity index (χ0) is 20.1. The van der Waals surface area contributed by atoms with E-state index in [1.165, 1.54) is 18.0 Å². The molecule has 7 nitrogen and oxygen atoms in total. The number of esters is 1. The summed E-state index contributed by atoms with van der Waals surface area (Å²) in [6, 6.07) is 6.99. The highest BCUT2D eigenvalue weighted by Gasteiger charge is 2.20. The summed E-state index contributed by atoms with van der Waals surface area (Å²) in [7, 11) is 1.53. The van der Waals surface area contributed by atoms with E-state index in [0.29, 0.717) is 51.2 Å². The normalized spacial score (nSPS) is 11.0. The Labute approximate surface area is 170 Å². The van der Waals surface area contributed by atoms with E-state index >= 15 is 0 Å². The van der Waals surface area contributed by atoms with Crippen LogP contribution < -0.4 is 10.3 Å². The predicted octanol–water partition coefficient (Wildman–Crippen LogP) is 3.30. The third-order valence-electron chi connectivity index (χ3n) is 4.04. The molecule has 2 heterocycles. The van der Waals surface area contributed by atoms with Crippen molar-refractivity contribution in [3.05, 3.63) is 56.4 Å². The van der Waals surface area contributed by atoms with Crippen LogP contribution in [-0.2, 0) is 16.0 Å². The number of halogens is 1. The molecule has 9 heteroatoms. The number of fused-ring (bicyclic) bond motifs is 1. The van der Waals surface area contributed by atoms with Gasteiger partial charge in [-0.3, -0.25) is 9.36 Å². The van der Waals surface area contributed by atoms with Crippen LogP contribution in [0.3, 0.4) is 0 Å². The van der Waals surface area contributed by atoms with Crippen molar-refractivity contribution in [1.82, 2.24) is 9.55 Å². The lowest BCUT2D eigenvalue weighted by molar-refractivity contribution is 0.0393. The van der Waals surface area contributed by atoms with Gasteiger partial charge in [-0.25, -0.2) is 9.78 Å². The molecule has 0 fully saturated rings. The van der Waals surface area contributed by atoms with Crippen LogP contribution in [0.2, 0.25) is 5.02 Å². The van der Waals surface area contributed by atoms with Crippen LogP contribution in [0.4, 0.5) is 0 Å².